The Kier molecular flexibility index (Phi) is 13.8. The summed E-state index contributed by atoms with van der Waals surface area (Å²) in [5.74, 6) is -2.43. The predicted octanol–water partition coefficient (Wildman–Crippen LogP) is 9.54. The third-order valence-electron chi connectivity index (χ3n) is 8.37. The van der Waals surface area contributed by atoms with Crippen molar-refractivity contribution in [2.45, 2.75) is 11.3 Å². The number of carbonyl (C=O) groups is 2. The van der Waals surface area contributed by atoms with Crippen LogP contribution in [0, 0.1) is 0 Å². The minimum absolute atomic E-state index is 0.136. The number of aromatic carboxylic acids is 2. The molecule has 7 N–H and O–H groups in total. The van der Waals surface area contributed by atoms with Gasteiger partial charge < -0.3 is 21.1 Å². The first-order valence-corrected chi connectivity index (χ1v) is 20.7. The van der Waals surface area contributed by atoms with E-state index in [9.17, 15) is 41.2 Å². The van der Waals surface area contributed by atoms with Crippen LogP contribution in [-0.2, 0) is 26.7 Å². The number of rotatable bonds is 9. The number of azo groups is 2. The molecule has 306 valence electrons. The van der Waals surface area contributed by atoms with Crippen molar-refractivity contribution in [2.24, 2.45) is 20.5 Å². The standard InChI is InChI=1S/C34H24N4O6S.C7H7NO2.CH4O3S/c39-33-25-11-5-4-10-22(25)19-31(45(42,43)44)32(33)38-37-30-17-16-29(26-12-6-7-13-27(26)30)36-35-24-15-14-23(28(20-24)34(40)41)18-21-8-2-1-3-9-21;8-6-3-1-5(2-4-6)7(9)10;1-5(2,3)4/h1-17,19-20,39H,18H2,(H,40,41)(H,42,43,44);1-4H,8H2,(H,9,10);1H3,(H,2,3,4). The number of nitrogens with zero attached hydrogens (tertiary/aromatic N) is 4. The fourth-order valence-corrected chi connectivity index (χ4v) is 6.32. The number of fused-ring (bicyclic) bond motifs is 2. The lowest BCUT2D eigenvalue weighted by molar-refractivity contribution is 0.0685. The average molecular weight is 850 g/mol. The van der Waals surface area contributed by atoms with Crippen LogP contribution in [0.3, 0.4) is 0 Å². The maximum Gasteiger partial charge on any atom is 0.336 e. The number of nitrogen functional groups attached to an aromatic ring is 1. The number of carboxylic acid groups (broad SMARTS) is 2. The zero-order valence-corrected chi connectivity index (χ0v) is 33.0. The van der Waals surface area contributed by atoms with Crippen LogP contribution in [-0.4, -0.2) is 59.5 Å². The van der Waals surface area contributed by atoms with E-state index in [1.807, 2.05) is 30.3 Å². The van der Waals surface area contributed by atoms with Gasteiger partial charge in [0.25, 0.3) is 20.2 Å². The van der Waals surface area contributed by atoms with Crippen LogP contribution >= 0.6 is 0 Å². The van der Waals surface area contributed by atoms with Crippen LogP contribution < -0.4 is 5.73 Å². The average Bonchev–Trinajstić information content (AvgIpc) is 3.20. The van der Waals surface area contributed by atoms with Crippen molar-refractivity contribution in [2.75, 3.05) is 12.0 Å². The van der Waals surface area contributed by atoms with Gasteiger partial charge >= 0.3 is 11.9 Å². The molecule has 0 spiro atoms. The van der Waals surface area contributed by atoms with Gasteiger partial charge in [0.2, 0.25) is 0 Å². The molecule has 18 heteroatoms. The molecule has 0 saturated heterocycles. The minimum atomic E-state index is -4.74. The molecule has 0 saturated carbocycles. The Morgan fingerprint density at radius 2 is 1.15 bits per heavy atom. The van der Waals surface area contributed by atoms with E-state index in [1.165, 1.54) is 24.3 Å². The van der Waals surface area contributed by atoms with Crippen molar-refractivity contribution in [1.82, 2.24) is 0 Å². The van der Waals surface area contributed by atoms with Crippen molar-refractivity contribution in [3.8, 4) is 5.75 Å². The molecule has 0 heterocycles. The lowest BCUT2D eigenvalue weighted by Gasteiger charge is -2.09. The number of nitrogens with two attached hydrogens (primary N) is 1. The zero-order valence-electron chi connectivity index (χ0n) is 31.4. The summed E-state index contributed by atoms with van der Waals surface area (Å²) in [5.41, 5.74) is 8.73. The third-order valence-corrected chi connectivity index (χ3v) is 9.23. The van der Waals surface area contributed by atoms with Gasteiger partial charge in [0, 0.05) is 21.8 Å². The van der Waals surface area contributed by atoms with E-state index in [0.717, 1.165) is 5.56 Å². The smallest absolute Gasteiger partial charge is 0.336 e. The molecule has 60 heavy (non-hydrogen) atoms. The Hall–Kier alpha value is -7.38. The van der Waals surface area contributed by atoms with E-state index in [2.05, 4.69) is 20.5 Å². The van der Waals surface area contributed by atoms with Crippen LogP contribution in [0.5, 0.6) is 5.75 Å². The van der Waals surface area contributed by atoms with Gasteiger partial charge in [-0.05, 0) is 77.5 Å². The summed E-state index contributed by atoms with van der Waals surface area (Å²) < 4.78 is 60.0. The van der Waals surface area contributed by atoms with Gasteiger partial charge in [-0.1, -0.05) is 84.9 Å². The molecule has 7 aromatic carbocycles. The largest absolute Gasteiger partial charge is 0.505 e. The number of phenolic OH excluding ortho intramolecular Hbond substituents is 1. The number of benzene rings is 7. The Bertz CT molecular complexity index is 2990. The van der Waals surface area contributed by atoms with Crippen LogP contribution in [0.1, 0.15) is 31.8 Å². The Morgan fingerprint density at radius 1 is 0.617 bits per heavy atom. The molecular formula is C42H35N5O11S2. The number of hydrogen-bond donors (Lipinski definition) is 6. The summed E-state index contributed by atoms with van der Waals surface area (Å²) in [4.78, 5) is 21.7. The molecule has 0 unspecified atom stereocenters. The SMILES string of the molecule is CS(=O)(=O)O.Nc1ccc(C(=O)O)cc1.O=C(O)c1cc(N=Nc2ccc(N=Nc3c(S(=O)(=O)O)cc4ccccc4c3O)c3ccccc23)ccc1Cc1ccccc1. The van der Waals surface area contributed by atoms with Crippen molar-refractivity contribution >= 4 is 82.2 Å². The highest BCUT2D eigenvalue weighted by Gasteiger charge is 2.22. The third kappa shape index (κ3) is 11.8. The molecule has 0 amide bonds. The molecule has 0 aliphatic rings. The van der Waals surface area contributed by atoms with Gasteiger partial charge in [0.15, 0.2) is 5.75 Å². The maximum absolute atomic E-state index is 12.2. The van der Waals surface area contributed by atoms with E-state index in [1.54, 1.807) is 84.9 Å². The number of anilines is 1. The van der Waals surface area contributed by atoms with Crippen molar-refractivity contribution in [3.05, 3.63) is 162 Å². The lowest BCUT2D eigenvalue weighted by Crippen LogP contribution is -2.02. The summed E-state index contributed by atoms with van der Waals surface area (Å²) in [5, 5.41) is 48.1. The topological polar surface area (TPSA) is 279 Å². The molecule has 0 fully saturated rings. The van der Waals surface area contributed by atoms with Gasteiger partial charge in [-0.25, -0.2) is 9.59 Å². The highest BCUT2D eigenvalue weighted by atomic mass is 32.2. The fraction of sp³-hybridized carbons (Fsp3) is 0.0476. The number of phenols is 1. The molecule has 0 atom stereocenters. The molecule has 0 aromatic heterocycles. The second kappa shape index (κ2) is 18.9. The highest BCUT2D eigenvalue weighted by molar-refractivity contribution is 7.86. The second-order valence-electron chi connectivity index (χ2n) is 12.8. The number of aromatic hydroxyl groups is 1. The van der Waals surface area contributed by atoms with E-state index < -0.39 is 48.5 Å². The fourth-order valence-electron chi connectivity index (χ4n) is 5.66. The number of carboxylic acids is 2. The predicted molar refractivity (Wildman–Crippen MR) is 226 cm³/mol. The number of hydrogen-bond acceptors (Lipinski definition) is 12. The van der Waals surface area contributed by atoms with Crippen molar-refractivity contribution < 1.29 is 50.8 Å². The summed E-state index contributed by atoms with van der Waals surface area (Å²) in [6.45, 7) is 0. The van der Waals surface area contributed by atoms with Gasteiger partial charge in [-0.3, -0.25) is 9.11 Å². The molecule has 7 aromatic rings. The Balaban J connectivity index is 0.000000385. The van der Waals surface area contributed by atoms with Gasteiger partial charge in [-0.15, -0.1) is 15.3 Å². The van der Waals surface area contributed by atoms with Gasteiger partial charge in [-0.2, -0.15) is 21.9 Å². The quantitative estimate of drug-likeness (QED) is 0.0450. The van der Waals surface area contributed by atoms with Crippen molar-refractivity contribution in [3.63, 3.8) is 0 Å². The molecule has 0 aliphatic heterocycles. The van der Waals surface area contributed by atoms with E-state index in [-0.39, 0.29) is 11.1 Å². The normalized spacial score (nSPS) is 11.5. The second-order valence-corrected chi connectivity index (χ2v) is 15.6. The highest BCUT2D eigenvalue weighted by Crippen LogP contribution is 2.42. The first-order valence-electron chi connectivity index (χ1n) is 17.4. The first-order chi connectivity index (χ1) is 28.4. The van der Waals surface area contributed by atoms with E-state index in [4.69, 9.17) is 15.4 Å². The monoisotopic (exact) mass is 849 g/mol. The summed E-state index contributed by atoms with van der Waals surface area (Å²) in [6.07, 6.45) is 1.18. The van der Waals surface area contributed by atoms with Crippen LogP contribution in [0.2, 0.25) is 0 Å². The van der Waals surface area contributed by atoms with Gasteiger partial charge in [0.1, 0.15) is 10.6 Å². The van der Waals surface area contributed by atoms with Crippen molar-refractivity contribution in [1.29, 1.82) is 0 Å². The lowest BCUT2D eigenvalue weighted by atomic mass is 9.99. The maximum atomic E-state index is 12.2. The summed E-state index contributed by atoms with van der Waals surface area (Å²) in [7, 11) is -8.41. The van der Waals surface area contributed by atoms with E-state index in [0.29, 0.717) is 62.5 Å². The van der Waals surface area contributed by atoms with Crippen LogP contribution in [0.15, 0.2) is 165 Å². The molecule has 16 nitrogen and oxygen atoms in total. The molecule has 0 radical (unpaired) electrons. The van der Waals surface area contributed by atoms with E-state index >= 15 is 0 Å². The summed E-state index contributed by atoms with van der Waals surface area (Å²) >= 11 is 0. The summed E-state index contributed by atoms with van der Waals surface area (Å²) in [6, 6.07) is 38.8. The molecule has 0 aliphatic carbocycles. The van der Waals surface area contributed by atoms with Crippen LogP contribution in [0.25, 0.3) is 21.5 Å². The van der Waals surface area contributed by atoms with Gasteiger partial charge in [0.05, 0.1) is 34.4 Å². The zero-order chi connectivity index (χ0) is 43.6. The Labute approximate surface area is 343 Å². The molecule has 0 bridgehead atoms. The Morgan fingerprint density at radius 3 is 1.70 bits per heavy atom. The molecule has 7 rings (SSSR count). The molecular weight excluding hydrogens is 815 g/mol. The van der Waals surface area contributed by atoms with Crippen LogP contribution in [0.4, 0.5) is 28.4 Å². The first kappa shape index (κ1) is 43.7. The minimum Gasteiger partial charge on any atom is -0.505 e.